The molecule has 0 atom stereocenters. The summed E-state index contributed by atoms with van der Waals surface area (Å²) in [6.07, 6.45) is -2.84. The quantitative estimate of drug-likeness (QED) is 0.418. The minimum atomic E-state index is -4.55. The van der Waals surface area contributed by atoms with E-state index >= 15 is 0 Å². The van der Waals surface area contributed by atoms with Gasteiger partial charge in [0.05, 0.1) is 35.2 Å². The fourth-order valence-electron chi connectivity index (χ4n) is 4.15. The van der Waals surface area contributed by atoms with Crippen molar-refractivity contribution in [3.05, 3.63) is 75.0 Å². The Balaban J connectivity index is 1.47. The standard InChI is InChI=1S/C25H22F3N5O3S/c1-32-21(15-4-2-5-16(12-15)25(26,27)28)30-20-18(6-3-7-19(20)23(32)35)22(34)31-24-29-13-17(37-24)14-33-8-10-36-11-9-33/h2-7,12-13H,8-11,14H2,1H3,(H,29,31,34). The Morgan fingerprint density at radius 2 is 1.92 bits per heavy atom. The lowest BCUT2D eigenvalue weighted by molar-refractivity contribution is -0.137. The smallest absolute Gasteiger partial charge is 0.379 e. The van der Waals surface area contributed by atoms with E-state index in [0.717, 1.165) is 30.1 Å². The molecule has 8 nitrogen and oxygen atoms in total. The molecule has 0 unspecified atom stereocenters. The summed E-state index contributed by atoms with van der Waals surface area (Å²) in [5.41, 5.74) is -1.01. The summed E-state index contributed by atoms with van der Waals surface area (Å²) >= 11 is 1.35. The number of benzene rings is 2. The maximum Gasteiger partial charge on any atom is 0.416 e. The molecule has 192 valence electrons. The van der Waals surface area contributed by atoms with Gasteiger partial charge in [-0.15, -0.1) is 11.3 Å². The average molecular weight is 530 g/mol. The summed E-state index contributed by atoms with van der Waals surface area (Å²) in [7, 11) is 1.43. The fourth-order valence-corrected chi connectivity index (χ4v) is 5.00. The van der Waals surface area contributed by atoms with Crippen LogP contribution in [0.25, 0.3) is 22.3 Å². The molecule has 5 rings (SSSR count). The highest BCUT2D eigenvalue weighted by Crippen LogP contribution is 2.32. The van der Waals surface area contributed by atoms with E-state index in [0.29, 0.717) is 24.9 Å². The number of ether oxygens (including phenoxy) is 1. The van der Waals surface area contributed by atoms with Crippen molar-refractivity contribution in [2.45, 2.75) is 12.7 Å². The SMILES string of the molecule is Cn1c(-c2cccc(C(F)(F)F)c2)nc2c(C(=O)Nc3ncc(CN4CCOCC4)s3)cccc2c1=O. The summed E-state index contributed by atoms with van der Waals surface area (Å²) in [4.78, 5) is 38.2. The van der Waals surface area contributed by atoms with Gasteiger partial charge in [-0.1, -0.05) is 18.2 Å². The number of carbonyl (C=O) groups is 1. The van der Waals surface area contributed by atoms with Crippen molar-refractivity contribution in [3.8, 4) is 11.4 Å². The lowest BCUT2D eigenvalue weighted by Crippen LogP contribution is -2.35. The largest absolute Gasteiger partial charge is 0.416 e. The molecule has 2 aromatic carbocycles. The van der Waals surface area contributed by atoms with E-state index in [1.165, 1.54) is 47.2 Å². The molecule has 1 saturated heterocycles. The van der Waals surface area contributed by atoms with Crippen LogP contribution in [-0.2, 0) is 24.5 Å². The lowest BCUT2D eigenvalue weighted by Gasteiger charge is -2.25. The van der Waals surface area contributed by atoms with Crippen molar-refractivity contribution < 1.29 is 22.7 Å². The van der Waals surface area contributed by atoms with E-state index in [1.54, 1.807) is 12.3 Å². The highest BCUT2D eigenvalue weighted by molar-refractivity contribution is 7.15. The average Bonchev–Trinajstić information content (AvgIpc) is 3.32. The minimum Gasteiger partial charge on any atom is -0.379 e. The van der Waals surface area contributed by atoms with Crippen LogP contribution in [0.3, 0.4) is 0 Å². The molecule has 4 aromatic rings. The Labute approximate surface area is 213 Å². The van der Waals surface area contributed by atoms with Gasteiger partial charge < -0.3 is 4.74 Å². The number of nitrogens with one attached hydrogen (secondary N) is 1. The molecule has 0 saturated carbocycles. The molecule has 0 radical (unpaired) electrons. The summed E-state index contributed by atoms with van der Waals surface area (Å²) < 4.78 is 46.4. The third kappa shape index (κ3) is 5.26. The molecule has 1 N–H and O–H groups in total. The number of carbonyl (C=O) groups excluding carboxylic acids is 1. The number of hydrogen-bond acceptors (Lipinski definition) is 7. The Hall–Kier alpha value is -3.61. The van der Waals surface area contributed by atoms with E-state index in [9.17, 15) is 22.8 Å². The summed E-state index contributed by atoms with van der Waals surface area (Å²) in [5, 5.41) is 3.33. The molecule has 3 heterocycles. The number of halogens is 3. The Morgan fingerprint density at radius 3 is 2.68 bits per heavy atom. The lowest BCUT2D eigenvalue weighted by atomic mass is 10.1. The summed E-state index contributed by atoms with van der Waals surface area (Å²) in [6.45, 7) is 3.70. The zero-order valence-corrected chi connectivity index (χ0v) is 20.5. The predicted octanol–water partition coefficient (Wildman–Crippen LogP) is 4.16. The molecule has 37 heavy (non-hydrogen) atoms. The van der Waals surface area contributed by atoms with E-state index < -0.39 is 23.2 Å². The number of para-hydroxylation sites is 1. The van der Waals surface area contributed by atoms with Gasteiger partial charge in [-0.2, -0.15) is 13.2 Å². The Morgan fingerprint density at radius 1 is 1.16 bits per heavy atom. The number of fused-ring (bicyclic) bond motifs is 1. The van der Waals surface area contributed by atoms with E-state index in [4.69, 9.17) is 4.74 Å². The predicted molar refractivity (Wildman–Crippen MR) is 134 cm³/mol. The number of rotatable bonds is 5. The molecular weight excluding hydrogens is 507 g/mol. The van der Waals surface area contributed by atoms with E-state index in [-0.39, 0.29) is 27.9 Å². The maximum absolute atomic E-state index is 13.3. The highest BCUT2D eigenvalue weighted by Gasteiger charge is 2.31. The van der Waals surface area contributed by atoms with Gasteiger partial charge in [-0.05, 0) is 24.3 Å². The number of nitrogens with zero attached hydrogens (tertiary/aromatic N) is 4. The van der Waals surface area contributed by atoms with Crippen LogP contribution in [0.4, 0.5) is 18.3 Å². The molecule has 0 aliphatic carbocycles. The van der Waals surface area contributed by atoms with Crippen LogP contribution in [0.15, 0.2) is 53.5 Å². The van der Waals surface area contributed by atoms with Gasteiger partial charge in [0.15, 0.2) is 5.13 Å². The first-order valence-electron chi connectivity index (χ1n) is 11.4. The second-order valence-electron chi connectivity index (χ2n) is 8.55. The van der Waals surface area contributed by atoms with Crippen LogP contribution in [0, 0.1) is 0 Å². The molecule has 1 amide bonds. The van der Waals surface area contributed by atoms with E-state index in [1.807, 2.05) is 0 Å². The summed E-state index contributed by atoms with van der Waals surface area (Å²) in [5.74, 6) is -0.500. The van der Waals surface area contributed by atoms with Crippen LogP contribution >= 0.6 is 11.3 Å². The van der Waals surface area contributed by atoms with Crippen molar-refractivity contribution in [1.82, 2.24) is 19.4 Å². The first-order chi connectivity index (χ1) is 17.7. The normalized spacial score (nSPS) is 14.7. The van der Waals surface area contributed by atoms with Gasteiger partial charge in [-0.3, -0.25) is 24.4 Å². The highest BCUT2D eigenvalue weighted by atomic mass is 32.1. The molecule has 1 fully saturated rings. The van der Waals surface area contributed by atoms with Gasteiger partial charge in [-0.25, -0.2) is 9.97 Å². The number of alkyl halides is 3. The maximum atomic E-state index is 13.3. The molecule has 1 aliphatic heterocycles. The molecule has 0 spiro atoms. The van der Waals surface area contributed by atoms with Crippen molar-refractivity contribution in [3.63, 3.8) is 0 Å². The van der Waals surface area contributed by atoms with Crippen LogP contribution < -0.4 is 10.9 Å². The first kappa shape index (κ1) is 25.1. The van der Waals surface area contributed by atoms with Gasteiger partial charge >= 0.3 is 6.18 Å². The number of hydrogen-bond donors (Lipinski definition) is 1. The zero-order valence-electron chi connectivity index (χ0n) is 19.7. The van der Waals surface area contributed by atoms with Crippen molar-refractivity contribution in [2.75, 3.05) is 31.6 Å². The minimum absolute atomic E-state index is 0.0193. The molecular formula is C25H22F3N5O3S. The second-order valence-corrected chi connectivity index (χ2v) is 9.67. The first-order valence-corrected chi connectivity index (χ1v) is 12.3. The van der Waals surface area contributed by atoms with Gasteiger partial charge in [0.1, 0.15) is 5.82 Å². The third-order valence-electron chi connectivity index (χ3n) is 6.06. The third-order valence-corrected chi connectivity index (χ3v) is 6.95. The van der Waals surface area contributed by atoms with Crippen LogP contribution in [0.1, 0.15) is 20.8 Å². The van der Waals surface area contributed by atoms with Gasteiger partial charge in [0.2, 0.25) is 0 Å². The summed E-state index contributed by atoms with van der Waals surface area (Å²) in [6, 6.07) is 9.19. The Kier molecular flexibility index (Phi) is 6.80. The van der Waals surface area contributed by atoms with Gasteiger partial charge in [0.25, 0.3) is 11.5 Å². The number of anilines is 1. The number of aromatic nitrogens is 3. The van der Waals surface area contributed by atoms with Gasteiger partial charge in [0, 0.05) is 43.3 Å². The molecule has 12 heteroatoms. The monoisotopic (exact) mass is 529 g/mol. The topological polar surface area (TPSA) is 89.3 Å². The Bertz CT molecular complexity index is 1530. The number of morpholine rings is 1. The van der Waals surface area contributed by atoms with Crippen LogP contribution in [0.2, 0.25) is 0 Å². The fraction of sp³-hybridized carbons (Fsp3) is 0.280. The number of amides is 1. The second kappa shape index (κ2) is 10.0. The van der Waals surface area contributed by atoms with Crippen LogP contribution in [-0.4, -0.2) is 51.6 Å². The van der Waals surface area contributed by atoms with Crippen molar-refractivity contribution in [2.24, 2.45) is 7.05 Å². The molecule has 0 bridgehead atoms. The zero-order chi connectivity index (χ0) is 26.2. The molecule has 1 aliphatic rings. The van der Waals surface area contributed by atoms with Crippen molar-refractivity contribution in [1.29, 1.82) is 0 Å². The van der Waals surface area contributed by atoms with Crippen molar-refractivity contribution >= 4 is 33.3 Å². The van der Waals surface area contributed by atoms with E-state index in [2.05, 4.69) is 20.2 Å². The number of thiazole rings is 1. The van der Waals surface area contributed by atoms with Crippen LogP contribution in [0.5, 0.6) is 0 Å². The molecule has 2 aromatic heterocycles.